The van der Waals surface area contributed by atoms with Crippen LogP contribution in [0.3, 0.4) is 0 Å². The van der Waals surface area contributed by atoms with Gasteiger partial charge in [0.2, 0.25) is 5.91 Å². The molecule has 9 heteroatoms. The summed E-state index contributed by atoms with van der Waals surface area (Å²) < 4.78 is 49.2. The molecule has 6 nitrogen and oxygen atoms in total. The number of likely N-dealkylation sites (tertiary alicyclic amines) is 2. The third-order valence-electron chi connectivity index (χ3n) is 7.75. The molecule has 3 aromatic rings. The molecular weight excluding hydrogens is 533 g/mol. The van der Waals surface area contributed by atoms with Gasteiger partial charge >= 0.3 is 6.18 Å². The van der Waals surface area contributed by atoms with E-state index in [1.807, 2.05) is 34.1 Å². The first-order chi connectivity index (χ1) is 19.7. The maximum atomic E-state index is 13.2. The first-order valence-electron chi connectivity index (χ1n) is 13.5. The Morgan fingerprint density at radius 2 is 1.44 bits per heavy atom. The molecule has 0 aliphatic carbocycles. The van der Waals surface area contributed by atoms with Crippen molar-refractivity contribution < 1.29 is 32.2 Å². The Labute approximate surface area is 237 Å². The quantitative estimate of drug-likeness (QED) is 0.320. The topological polar surface area (TPSA) is 59.1 Å². The fourth-order valence-corrected chi connectivity index (χ4v) is 5.45. The minimum atomic E-state index is -4.40. The second-order valence-corrected chi connectivity index (χ2v) is 10.4. The molecule has 0 unspecified atom stereocenters. The van der Waals surface area contributed by atoms with Crippen molar-refractivity contribution in [2.75, 3.05) is 33.3 Å². The predicted molar refractivity (Wildman–Crippen MR) is 149 cm³/mol. The molecule has 5 rings (SSSR count). The van der Waals surface area contributed by atoms with Gasteiger partial charge in [0.1, 0.15) is 17.2 Å². The third-order valence-corrected chi connectivity index (χ3v) is 7.75. The molecule has 0 aromatic heterocycles. The molecule has 2 heterocycles. The Bertz CT molecular complexity index is 1390. The Kier molecular flexibility index (Phi) is 8.33. The van der Waals surface area contributed by atoms with Crippen LogP contribution in [0, 0.1) is 11.8 Å². The lowest BCUT2D eigenvalue weighted by Crippen LogP contribution is -2.33. The van der Waals surface area contributed by atoms with Crippen LogP contribution in [-0.4, -0.2) is 54.9 Å². The maximum Gasteiger partial charge on any atom is 0.416 e. The molecule has 2 aliphatic heterocycles. The molecule has 2 saturated heterocycles. The van der Waals surface area contributed by atoms with Gasteiger partial charge in [0.15, 0.2) is 0 Å². The van der Waals surface area contributed by atoms with Crippen LogP contribution in [0.15, 0.2) is 78.9 Å². The number of benzene rings is 3. The number of rotatable bonds is 6. The molecule has 3 aromatic carbocycles. The van der Waals surface area contributed by atoms with Gasteiger partial charge in [0.05, 0.1) is 12.7 Å². The zero-order chi connectivity index (χ0) is 29.0. The van der Waals surface area contributed by atoms with E-state index in [2.05, 4.69) is 0 Å². The highest BCUT2D eigenvalue weighted by molar-refractivity contribution is 5.94. The van der Waals surface area contributed by atoms with Crippen molar-refractivity contribution in [1.29, 1.82) is 0 Å². The van der Waals surface area contributed by atoms with Gasteiger partial charge in [-0.3, -0.25) is 9.59 Å². The van der Waals surface area contributed by atoms with Gasteiger partial charge in [-0.1, -0.05) is 12.1 Å². The van der Waals surface area contributed by atoms with Crippen molar-refractivity contribution in [1.82, 2.24) is 9.80 Å². The van der Waals surface area contributed by atoms with Crippen LogP contribution in [-0.2, 0) is 11.0 Å². The van der Waals surface area contributed by atoms with Crippen molar-refractivity contribution in [3.8, 4) is 17.2 Å². The van der Waals surface area contributed by atoms with Crippen molar-refractivity contribution >= 4 is 17.9 Å². The predicted octanol–water partition coefficient (Wildman–Crippen LogP) is 6.53. The molecule has 2 atom stereocenters. The number of amides is 2. The molecule has 2 fully saturated rings. The van der Waals surface area contributed by atoms with Crippen LogP contribution in [0.1, 0.15) is 34.3 Å². The molecule has 214 valence electrons. The van der Waals surface area contributed by atoms with E-state index >= 15 is 0 Å². The molecule has 0 N–H and O–H groups in total. The van der Waals surface area contributed by atoms with Gasteiger partial charge in [-0.25, -0.2) is 0 Å². The number of carbonyl (C=O) groups excluding carboxylic acids is 2. The Morgan fingerprint density at radius 1 is 0.829 bits per heavy atom. The van der Waals surface area contributed by atoms with Crippen molar-refractivity contribution in [3.05, 3.63) is 95.6 Å². The van der Waals surface area contributed by atoms with Gasteiger partial charge in [-0.05, 0) is 97.0 Å². The van der Waals surface area contributed by atoms with Crippen molar-refractivity contribution in [3.63, 3.8) is 0 Å². The minimum Gasteiger partial charge on any atom is -0.497 e. The second kappa shape index (κ2) is 12.1. The average Bonchev–Trinajstić information content (AvgIpc) is 3.28. The SMILES string of the molecule is COc1cccc(/C=C/C(=O)N2C[C@H]3CCN(C(=O)c4ccc(Oc5ccc(C(F)(F)F)cc5)cc4)CC[C@H]3C2)c1. The molecule has 0 radical (unpaired) electrons. The lowest BCUT2D eigenvalue weighted by Gasteiger charge is -2.22. The highest BCUT2D eigenvalue weighted by atomic mass is 19.4. The standard InChI is InChI=1S/C32H31F3N2O4/c1-40-29-4-2-3-22(19-29)5-14-30(38)37-20-24-15-17-36(18-16-25(24)21-37)31(39)23-6-10-27(11-7-23)41-28-12-8-26(9-13-28)32(33,34)35/h2-14,19,24-25H,15-18,20-21H2,1H3/b14-5+/t24-,25+. The van der Waals surface area contributed by atoms with E-state index in [4.69, 9.17) is 9.47 Å². The summed E-state index contributed by atoms with van der Waals surface area (Å²) in [6, 6.07) is 18.6. The Balaban J connectivity index is 1.13. The molecule has 2 amide bonds. The monoisotopic (exact) mass is 564 g/mol. The Hall–Kier alpha value is -4.27. The third kappa shape index (κ3) is 6.90. The van der Waals surface area contributed by atoms with Crippen molar-refractivity contribution in [2.45, 2.75) is 19.0 Å². The molecule has 41 heavy (non-hydrogen) atoms. The van der Waals surface area contributed by atoms with Crippen LogP contribution in [0.5, 0.6) is 17.2 Å². The number of methoxy groups -OCH3 is 1. The molecule has 0 saturated carbocycles. The van der Waals surface area contributed by atoms with Crippen LogP contribution < -0.4 is 9.47 Å². The zero-order valence-electron chi connectivity index (χ0n) is 22.6. The minimum absolute atomic E-state index is 0.00701. The normalized spacial score (nSPS) is 19.1. The second-order valence-electron chi connectivity index (χ2n) is 10.4. The number of ether oxygens (including phenoxy) is 2. The van der Waals surface area contributed by atoms with E-state index in [1.165, 1.54) is 12.1 Å². The Morgan fingerprint density at radius 3 is 2.02 bits per heavy atom. The molecule has 2 aliphatic rings. The van der Waals surface area contributed by atoms with Crippen LogP contribution >= 0.6 is 0 Å². The first kappa shape index (κ1) is 28.3. The number of alkyl halides is 3. The zero-order valence-corrected chi connectivity index (χ0v) is 22.6. The number of carbonyl (C=O) groups is 2. The molecular formula is C32H31F3N2O4. The summed E-state index contributed by atoms with van der Waals surface area (Å²) in [6.07, 6.45) is 0.669. The summed E-state index contributed by atoms with van der Waals surface area (Å²) >= 11 is 0. The number of halogens is 3. The largest absolute Gasteiger partial charge is 0.497 e. The van der Waals surface area contributed by atoms with Crippen LogP contribution in [0.4, 0.5) is 13.2 Å². The highest BCUT2D eigenvalue weighted by Gasteiger charge is 2.37. The number of hydrogen-bond acceptors (Lipinski definition) is 4. The molecule has 0 spiro atoms. The fraction of sp³-hybridized carbons (Fsp3) is 0.312. The summed E-state index contributed by atoms with van der Waals surface area (Å²) in [7, 11) is 1.61. The van der Waals surface area contributed by atoms with E-state index in [0.29, 0.717) is 49.3 Å². The van der Waals surface area contributed by atoms with E-state index in [-0.39, 0.29) is 17.6 Å². The van der Waals surface area contributed by atoms with Gasteiger partial charge in [-0.15, -0.1) is 0 Å². The average molecular weight is 565 g/mol. The van der Waals surface area contributed by atoms with Gasteiger partial charge in [0, 0.05) is 37.8 Å². The summed E-state index contributed by atoms with van der Waals surface area (Å²) in [6.45, 7) is 2.60. The van der Waals surface area contributed by atoms with Crippen molar-refractivity contribution in [2.24, 2.45) is 11.8 Å². The summed E-state index contributed by atoms with van der Waals surface area (Å²) in [4.78, 5) is 29.8. The van der Waals surface area contributed by atoms with E-state index in [9.17, 15) is 22.8 Å². The number of nitrogens with zero attached hydrogens (tertiary/aromatic N) is 2. The van der Waals surface area contributed by atoms with Gasteiger partial charge in [0.25, 0.3) is 5.91 Å². The lowest BCUT2D eigenvalue weighted by molar-refractivity contribution is -0.137. The lowest BCUT2D eigenvalue weighted by atomic mass is 9.92. The van der Waals surface area contributed by atoms with E-state index in [1.54, 1.807) is 43.5 Å². The first-order valence-corrected chi connectivity index (χ1v) is 13.5. The van der Waals surface area contributed by atoms with E-state index in [0.717, 1.165) is 36.3 Å². The van der Waals surface area contributed by atoms with Crippen LogP contribution in [0.25, 0.3) is 6.08 Å². The van der Waals surface area contributed by atoms with Crippen LogP contribution in [0.2, 0.25) is 0 Å². The summed E-state index contributed by atoms with van der Waals surface area (Å²) in [5, 5.41) is 0. The highest BCUT2D eigenvalue weighted by Crippen LogP contribution is 2.33. The van der Waals surface area contributed by atoms with Gasteiger partial charge in [-0.2, -0.15) is 13.2 Å². The number of hydrogen-bond donors (Lipinski definition) is 0. The summed E-state index contributed by atoms with van der Waals surface area (Å²) in [5.74, 6) is 2.07. The fourth-order valence-electron chi connectivity index (χ4n) is 5.45. The smallest absolute Gasteiger partial charge is 0.416 e. The summed E-state index contributed by atoms with van der Waals surface area (Å²) in [5.41, 5.74) is 0.684. The number of fused-ring (bicyclic) bond motifs is 1. The molecule has 0 bridgehead atoms. The van der Waals surface area contributed by atoms with E-state index < -0.39 is 11.7 Å². The van der Waals surface area contributed by atoms with Gasteiger partial charge < -0.3 is 19.3 Å². The maximum absolute atomic E-state index is 13.2.